The van der Waals surface area contributed by atoms with Crippen LogP contribution in [0.3, 0.4) is 0 Å². The standard InChI is InChI=1S/C12H16N2O6/c1-20-10-4-2-3-9(14(18)19)11(10)12(17)13(5-7-15)6-8-16/h2-4,15-16H,5-8H2,1H3. The number of carbonyl (C=O) groups excluding carboxylic acids is 1. The van der Waals surface area contributed by atoms with E-state index < -0.39 is 10.8 Å². The van der Waals surface area contributed by atoms with E-state index in [1.165, 1.54) is 25.3 Å². The molecule has 2 N–H and O–H groups in total. The van der Waals surface area contributed by atoms with Gasteiger partial charge in [0.2, 0.25) is 0 Å². The number of hydrogen-bond acceptors (Lipinski definition) is 6. The van der Waals surface area contributed by atoms with Crippen LogP contribution in [0.4, 0.5) is 5.69 Å². The normalized spacial score (nSPS) is 10.2. The van der Waals surface area contributed by atoms with Crippen LogP contribution in [0.2, 0.25) is 0 Å². The Morgan fingerprint density at radius 3 is 2.40 bits per heavy atom. The third-order valence-electron chi connectivity index (χ3n) is 2.66. The summed E-state index contributed by atoms with van der Waals surface area (Å²) in [6.45, 7) is -0.688. The minimum Gasteiger partial charge on any atom is -0.496 e. The number of methoxy groups -OCH3 is 1. The Morgan fingerprint density at radius 1 is 1.35 bits per heavy atom. The van der Waals surface area contributed by atoms with Gasteiger partial charge in [0.1, 0.15) is 5.75 Å². The number of nitro groups is 1. The second-order valence-electron chi connectivity index (χ2n) is 3.85. The third kappa shape index (κ3) is 3.43. The summed E-state index contributed by atoms with van der Waals surface area (Å²) < 4.78 is 4.99. The molecule has 0 fully saturated rings. The van der Waals surface area contributed by atoms with Gasteiger partial charge in [0.15, 0.2) is 5.56 Å². The fourth-order valence-corrected chi connectivity index (χ4v) is 1.77. The van der Waals surface area contributed by atoms with Crippen LogP contribution >= 0.6 is 0 Å². The van der Waals surface area contributed by atoms with E-state index in [4.69, 9.17) is 14.9 Å². The lowest BCUT2D eigenvalue weighted by Gasteiger charge is -2.21. The van der Waals surface area contributed by atoms with E-state index in [-0.39, 0.29) is 43.3 Å². The molecule has 0 atom stereocenters. The molecule has 0 aliphatic rings. The Kier molecular flexibility index (Phi) is 5.88. The molecule has 0 aromatic heterocycles. The van der Waals surface area contributed by atoms with E-state index in [0.717, 1.165) is 4.90 Å². The Morgan fingerprint density at radius 2 is 1.95 bits per heavy atom. The van der Waals surface area contributed by atoms with E-state index in [1.807, 2.05) is 0 Å². The highest BCUT2D eigenvalue weighted by molar-refractivity contribution is 6.01. The van der Waals surface area contributed by atoms with Gasteiger partial charge in [-0.1, -0.05) is 6.07 Å². The summed E-state index contributed by atoms with van der Waals surface area (Å²) in [5, 5.41) is 28.9. The van der Waals surface area contributed by atoms with Crippen molar-refractivity contribution in [2.24, 2.45) is 0 Å². The van der Waals surface area contributed by atoms with Crippen molar-refractivity contribution in [1.82, 2.24) is 4.90 Å². The molecule has 1 rings (SSSR count). The second-order valence-corrected chi connectivity index (χ2v) is 3.85. The maximum atomic E-state index is 12.3. The van der Waals surface area contributed by atoms with E-state index in [2.05, 4.69) is 0 Å². The second kappa shape index (κ2) is 7.41. The van der Waals surface area contributed by atoms with Gasteiger partial charge in [-0.3, -0.25) is 14.9 Å². The maximum Gasteiger partial charge on any atom is 0.285 e. The van der Waals surface area contributed by atoms with Crippen LogP contribution in [0.1, 0.15) is 10.4 Å². The van der Waals surface area contributed by atoms with Crippen molar-refractivity contribution >= 4 is 11.6 Å². The minimum absolute atomic E-state index is 0.0331. The monoisotopic (exact) mass is 284 g/mol. The first-order valence-electron chi connectivity index (χ1n) is 5.89. The largest absolute Gasteiger partial charge is 0.496 e. The lowest BCUT2D eigenvalue weighted by atomic mass is 10.1. The topological polar surface area (TPSA) is 113 Å². The van der Waals surface area contributed by atoms with Gasteiger partial charge in [-0.25, -0.2) is 0 Å². The van der Waals surface area contributed by atoms with Gasteiger partial charge in [-0.2, -0.15) is 0 Å². The number of hydrogen-bond donors (Lipinski definition) is 2. The molecule has 1 aromatic carbocycles. The molecule has 0 unspecified atom stereocenters. The molecule has 0 aliphatic carbocycles. The molecule has 110 valence electrons. The number of amides is 1. The maximum absolute atomic E-state index is 12.3. The molecule has 0 saturated carbocycles. The lowest BCUT2D eigenvalue weighted by molar-refractivity contribution is -0.385. The zero-order valence-corrected chi connectivity index (χ0v) is 11.0. The molecule has 0 aliphatic heterocycles. The van der Waals surface area contributed by atoms with Gasteiger partial charge < -0.3 is 19.8 Å². The first-order chi connectivity index (χ1) is 9.56. The molecule has 0 heterocycles. The van der Waals surface area contributed by atoms with Gasteiger partial charge in [0.25, 0.3) is 11.6 Å². The Bertz CT molecular complexity index is 485. The number of benzene rings is 1. The van der Waals surface area contributed by atoms with Crippen molar-refractivity contribution in [1.29, 1.82) is 0 Å². The summed E-state index contributed by atoms with van der Waals surface area (Å²) in [6.07, 6.45) is 0. The summed E-state index contributed by atoms with van der Waals surface area (Å²) in [5.41, 5.74) is -0.572. The lowest BCUT2D eigenvalue weighted by Crippen LogP contribution is -2.36. The highest BCUT2D eigenvalue weighted by atomic mass is 16.6. The first-order valence-corrected chi connectivity index (χ1v) is 5.89. The Balaban J connectivity index is 3.27. The third-order valence-corrected chi connectivity index (χ3v) is 2.66. The van der Waals surface area contributed by atoms with Crippen molar-refractivity contribution in [2.45, 2.75) is 0 Å². The quantitative estimate of drug-likeness (QED) is 0.539. The highest BCUT2D eigenvalue weighted by Crippen LogP contribution is 2.29. The minimum atomic E-state index is -0.675. The molecule has 20 heavy (non-hydrogen) atoms. The van der Waals surface area contributed by atoms with Gasteiger partial charge >= 0.3 is 0 Å². The summed E-state index contributed by atoms with van der Waals surface area (Å²) in [4.78, 5) is 23.8. The summed E-state index contributed by atoms with van der Waals surface area (Å²) in [6, 6.07) is 4.05. The molecule has 1 amide bonds. The number of carbonyl (C=O) groups is 1. The predicted octanol–water partition coefficient (Wildman–Crippen LogP) is 0.0302. The highest BCUT2D eigenvalue weighted by Gasteiger charge is 2.28. The predicted molar refractivity (Wildman–Crippen MR) is 69.7 cm³/mol. The van der Waals surface area contributed by atoms with Gasteiger partial charge in [-0.05, 0) is 6.07 Å². The van der Waals surface area contributed by atoms with Gasteiger partial charge in [0.05, 0.1) is 25.2 Å². The molecule has 0 spiro atoms. The molecular weight excluding hydrogens is 268 g/mol. The van der Waals surface area contributed by atoms with E-state index in [0.29, 0.717) is 0 Å². The van der Waals surface area contributed by atoms with E-state index >= 15 is 0 Å². The molecule has 8 heteroatoms. The van der Waals surface area contributed by atoms with Crippen molar-refractivity contribution < 1.29 is 24.7 Å². The number of nitro benzene ring substituents is 1. The molecule has 8 nitrogen and oxygen atoms in total. The van der Waals surface area contributed by atoms with Crippen LogP contribution in [-0.2, 0) is 0 Å². The van der Waals surface area contributed by atoms with Crippen molar-refractivity contribution in [3.8, 4) is 5.75 Å². The van der Waals surface area contributed by atoms with Gasteiger partial charge in [0, 0.05) is 19.2 Å². The molecule has 0 saturated heterocycles. The van der Waals surface area contributed by atoms with Gasteiger partial charge in [-0.15, -0.1) is 0 Å². The number of aliphatic hydroxyl groups is 2. The number of ether oxygens (including phenoxy) is 1. The number of nitrogens with zero attached hydrogens (tertiary/aromatic N) is 2. The SMILES string of the molecule is COc1cccc([N+](=O)[O-])c1C(=O)N(CCO)CCO. The average Bonchev–Trinajstić information content (AvgIpc) is 2.45. The zero-order valence-electron chi connectivity index (χ0n) is 11.0. The van der Waals surface area contributed by atoms with Crippen molar-refractivity contribution in [2.75, 3.05) is 33.4 Å². The number of rotatable bonds is 7. The van der Waals surface area contributed by atoms with Crippen LogP contribution in [0.25, 0.3) is 0 Å². The van der Waals surface area contributed by atoms with Crippen LogP contribution < -0.4 is 4.74 Å². The van der Waals surface area contributed by atoms with E-state index in [1.54, 1.807) is 0 Å². The molecule has 1 aromatic rings. The molecule has 0 bridgehead atoms. The first kappa shape index (κ1) is 15.9. The van der Waals surface area contributed by atoms with Crippen LogP contribution in [0, 0.1) is 10.1 Å². The molecular formula is C12H16N2O6. The van der Waals surface area contributed by atoms with E-state index in [9.17, 15) is 14.9 Å². The van der Waals surface area contributed by atoms with Crippen LogP contribution in [-0.4, -0.2) is 59.4 Å². The summed E-state index contributed by atoms with van der Waals surface area (Å²) >= 11 is 0. The molecule has 0 radical (unpaired) electrons. The van der Waals surface area contributed by atoms with Crippen molar-refractivity contribution in [3.05, 3.63) is 33.9 Å². The number of aliphatic hydroxyl groups excluding tert-OH is 2. The fraction of sp³-hybridized carbons (Fsp3) is 0.417. The average molecular weight is 284 g/mol. The Hall–Kier alpha value is -2.19. The summed E-state index contributed by atoms with van der Waals surface area (Å²) in [5.74, 6) is -0.595. The summed E-state index contributed by atoms with van der Waals surface area (Å²) in [7, 11) is 1.30. The zero-order chi connectivity index (χ0) is 15.1. The van der Waals surface area contributed by atoms with Crippen molar-refractivity contribution in [3.63, 3.8) is 0 Å². The van der Waals surface area contributed by atoms with Crippen LogP contribution in [0.15, 0.2) is 18.2 Å². The smallest absolute Gasteiger partial charge is 0.285 e. The Labute approximate surface area is 115 Å². The fourth-order valence-electron chi connectivity index (χ4n) is 1.77. The van der Waals surface area contributed by atoms with Crippen LogP contribution in [0.5, 0.6) is 5.75 Å².